The predicted octanol–water partition coefficient (Wildman–Crippen LogP) is 1.03. The van der Waals surface area contributed by atoms with Crippen molar-refractivity contribution in [3.63, 3.8) is 0 Å². The summed E-state index contributed by atoms with van der Waals surface area (Å²) >= 11 is 0. The predicted molar refractivity (Wildman–Crippen MR) is 73.9 cm³/mol. The number of carboxylic acids is 1. The van der Waals surface area contributed by atoms with Crippen molar-refractivity contribution in [1.82, 2.24) is 4.72 Å². The van der Waals surface area contributed by atoms with Crippen LogP contribution in [0.3, 0.4) is 0 Å². The molecular formula is C13H17NO5S. The molecule has 110 valence electrons. The molecule has 0 saturated carbocycles. The van der Waals surface area contributed by atoms with E-state index < -0.39 is 22.0 Å². The summed E-state index contributed by atoms with van der Waals surface area (Å²) in [7, 11) is -3.71. The van der Waals surface area contributed by atoms with Gasteiger partial charge in [0, 0.05) is 0 Å². The van der Waals surface area contributed by atoms with Crippen LogP contribution in [0.25, 0.3) is 0 Å². The van der Waals surface area contributed by atoms with Gasteiger partial charge in [0.05, 0.1) is 17.4 Å². The molecular weight excluding hydrogens is 282 g/mol. The Morgan fingerprint density at radius 3 is 2.55 bits per heavy atom. The minimum Gasteiger partial charge on any atom is -0.478 e. The highest BCUT2D eigenvalue weighted by atomic mass is 32.2. The van der Waals surface area contributed by atoms with Crippen LogP contribution in [-0.2, 0) is 20.6 Å². The van der Waals surface area contributed by atoms with E-state index in [4.69, 9.17) is 5.11 Å². The van der Waals surface area contributed by atoms with Crippen molar-refractivity contribution >= 4 is 22.3 Å². The average Bonchev–Trinajstić information content (AvgIpc) is 2.35. The van der Waals surface area contributed by atoms with Gasteiger partial charge in [0.25, 0.3) is 0 Å². The normalized spacial score (nSPS) is 13.2. The summed E-state index contributed by atoms with van der Waals surface area (Å²) in [6.07, 6.45) is 0.551. The fourth-order valence-corrected chi connectivity index (χ4v) is 3.03. The van der Waals surface area contributed by atoms with Crippen molar-refractivity contribution in [2.24, 2.45) is 5.92 Å². The van der Waals surface area contributed by atoms with Gasteiger partial charge in [0.15, 0.2) is 0 Å². The van der Waals surface area contributed by atoms with E-state index in [0.29, 0.717) is 11.8 Å². The molecule has 0 aliphatic heterocycles. The Kier molecular flexibility index (Phi) is 5.41. The fourth-order valence-electron chi connectivity index (χ4n) is 1.58. The molecule has 0 saturated heterocycles. The zero-order valence-corrected chi connectivity index (χ0v) is 12.1. The maximum Gasteiger partial charge on any atom is 0.335 e. The van der Waals surface area contributed by atoms with Gasteiger partial charge in [-0.1, -0.05) is 26.0 Å². The fraction of sp³-hybridized carbons (Fsp3) is 0.385. The lowest BCUT2D eigenvalue weighted by Gasteiger charge is -2.16. The zero-order valence-electron chi connectivity index (χ0n) is 11.2. The summed E-state index contributed by atoms with van der Waals surface area (Å²) in [5.74, 6) is -1.65. The van der Waals surface area contributed by atoms with E-state index >= 15 is 0 Å². The molecule has 0 aromatic heterocycles. The maximum absolute atomic E-state index is 11.9. The standard InChI is InChI=1S/C13H17NO5S/c1-9(2)12(7-15)14-20(18,19)8-10-4-3-5-11(6-10)13(16)17/h3-7,9,12,14H,8H2,1-2H3,(H,16,17)/t12-/m0/s1. The van der Waals surface area contributed by atoms with E-state index in [-0.39, 0.29) is 17.2 Å². The van der Waals surface area contributed by atoms with Gasteiger partial charge in [-0.2, -0.15) is 0 Å². The van der Waals surface area contributed by atoms with E-state index in [9.17, 15) is 18.0 Å². The SMILES string of the molecule is CC(C)[C@H](C=O)NS(=O)(=O)Cc1cccc(C(=O)O)c1. The maximum atomic E-state index is 11.9. The summed E-state index contributed by atoms with van der Waals surface area (Å²) in [5.41, 5.74) is 0.374. The molecule has 6 nitrogen and oxygen atoms in total. The van der Waals surface area contributed by atoms with Crippen molar-refractivity contribution in [2.45, 2.75) is 25.6 Å². The van der Waals surface area contributed by atoms with Gasteiger partial charge in [0.2, 0.25) is 10.0 Å². The van der Waals surface area contributed by atoms with Crippen molar-refractivity contribution < 1.29 is 23.1 Å². The van der Waals surface area contributed by atoms with Crippen LogP contribution < -0.4 is 4.72 Å². The lowest BCUT2D eigenvalue weighted by atomic mass is 10.1. The molecule has 0 amide bonds. The number of hydrogen-bond acceptors (Lipinski definition) is 4. The molecule has 0 heterocycles. The molecule has 1 rings (SSSR count). The van der Waals surface area contributed by atoms with Gasteiger partial charge in [-0.25, -0.2) is 17.9 Å². The Morgan fingerprint density at radius 2 is 2.05 bits per heavy atom. The first kappa shape index (κ1) is 16.3. The highest BCUT2D eigenvalue weighted by molar-refractivity contribution is 7.88. The van der Waals surface area contributed by atoms with Crippen molar-refractivity contribution in [3.05, 3.63) is 35.4 Å². The van der Waals surface area contributed by atoms with Crippen LogP contribution in [0.5, 0.6) is 0 Å². The van der Waals surface area contributed by atoms with Crippen LogP contribution in [0.2, 0.25) is 0 Å². The van der Waals surface area contributed by atoms with Crippen molar-refractivity contribution in [3.8, 4) is 0 Å². The van der Waals surface area contributed by atoms with E-state index in [1.54, 1.807) is 13.8 Å². The molecule has 1 aromatic rings. The van der Waals surface area contributed by atoms with Crippen LogP contribution in [0, 0.1) is 5.92 Å². The molecule has 20 heavy (non-hydrogen) atoms. The summed E-state index contributed by atoms with van der Waals surface area (Å²) in [5, 5.41) is 8.85. The Bertz CT molecular complexity index is 595. The molecule has 0 bridgehead atoms. The number of rotatable bonds is 7. The van der Waals surface area contributed by atoms with Crippen molar-refractivity contribution in [1.29, 1.82) is 0 Å². The topological polar surface area (TPSA) is 101 Å². The summed E-state index contributed by atoms with van der Waals surface area (Å²) < 4.78 is 26.2. The van der Waals surface area contributed by atoms with E-state index in [2.05, 4.69) is 4.72 Å². The minimum absolute atomic E-state index is 0.0218. The van der Waals surface area contributed by atoms with Gasteiger partial charge < -0.3 is 9.90 Å². The Hall–Kier alpha value is -1.73. The smallest absolute Gasteiger partial charge is 0.335 e. The molecule has 1 atom stereocenters. The first-order valence-electron chi connectivity index (χ1n) is 6.02. The number of hydrogen-bond donors (Lipinski definition) is 2. The third kappa shape index (κ3) is 4.75. The molecule has 2 N–H and O–H groups in total. The Labute approximate surface area is 117 Å². The van der Waals surface area contributed by atoms with Crippen LogP contribution in [-0.4, -0.2) is 31.8 Å². The molecule has 1 aromatic carbocycles. The number of carbonyl (C=O) groups is 2. The van der Waals surface area contributed by atoms with Crippen LogP contribution in [0.1, 0.15) is 29.8 Å². The second-order valence-electron chi connectivity index (χ2n) is 4.79. The van der Waals surface area contributed by atoms with E-state index in [1.807, 2.05) is 0 Å². The number of benzene rings is 1. The highest BCUT2D eigenvalue weighted by Gasteiger charge is 2.20. The van der Waals surface area contributed by atoms with Crippen molar-refractivity contribution in [2.75, 3.05) is 0 Å². The molecule has 0 radical (unpaired) electrons. The lowest BCUT2D eigenvalue weighted by Crippen LogP contribution is -2.40. The van der Waals surface area contributed by atoms with E-state index in [1.165, 1.54) is 24.3 Å². The van der Waals surface area contributed by atoms with Crippen LogP contribution >= 0.6 is 0 Å². The third-order valence-electron chi connectivity index (χ3n) is 2.71. The molecule has 0 spiro atoms. The van der Waals surface area contributed by atoms with Gasteiger partial charge in [-0.05, 0) is 23.6 Å². The Balaban J connectivity index is 2.88. The summed E-state index contributed by atoms with van der Waals surface area (Å²) in [4.78, 5) is 21.6. The number of carboxylic acid groups (broad SMARTS) is 1. The highest BCUT2D eigenvalue weighted by Crippen LogP contribution is 2.10. The molecule has 7 heteroatoms. The second-order valence-corrected chi connectivity index (χ2v) is 6.54. The van der Waals surface area contributed by atoms with Crippen LogP contribution in [0.15, 0.2) is 24.3 Å². The number of aldehydes is 1. The largest absolute Gasteiger partial charge is 0.478 e. The third-order valence-corrected chi connectivity index (χ3v) is 4.06. The Morgan fingerprint density at radius 1 is 1.40 bits per heavy atom. The minimum atomic E-state index is -3.71. The first-order chi connectivity index (χ1) is 9.25. The summed E-state index contributed by atoms with van der Waals surface area (Å²) in [6, 6.07) is 4.90. The number of sulfonamides is 1. The number of nitrogens with one attached hydrogen (secondary N) is 1. The summed E-state index contributed by atoms with van der Waals surface area (Å²) in [6.45, 7) is 3.46. The van der Waals surface area contributed by atoms with Gasteiger partial charge in [-0.15, -0.1) is 0 Å². The quantitative estimate of drug-likeness (QED) is 0.732. The number of carbonyl (C=O) groups excluding carboxylic acids is 1. The second kappa shape index (κ2) is 6.62. The van der Waals surface area contributed by atoms with Gasteiger partial charge >= 0.3 is 5.97 Å². The van der Waals surface area contributed by atoms with Gasteiger partial charge in [0.1, 0.15) is 6.29 Å². The monoisotopic (exact) mass is 299 g/mol. The van der Waals surface area contributed by atoms with Gasteiger partial charge in [-0.3, -0.25) is 0 Å². The number of aromatic carboxylic acids is 1. The van der Waals surface area contributed by atoms with E-state index in [0.717, 1.165) is 0 Å². The molecule has 0 aliphatic carbocycles. The average molecular weight is 299 g/mol. The zero-order chi connectivity index (χ0) is 15.3. The lowest BCUT2D eigenvalue weighted by molar-refractivity contribution is -0.110. The van der Waals surface area contributed by atoms with Crippen LogP contribution in [0.4, 0.5) is 0 Å². The molecule has 0 fully saturated rings. The molecule has 0 aliphatic rings. The molecule has 0 unspecified atom stereocenters. The first-order valence-corrected chi connectivity index (χ1v) is 7.68.